The number of rotatable bonds is 11. The molecule has 0 radical (unpaired) electrons. The molecule has 0 fully saturated rings. The molecule has 0 aliphatic carbocycles. The van der Waals surface area contributed by atoms with Crippen molar-refractivity contribution in [1.29, 1.82) is 0 Å². The average molecular weight is 508 g/mol. The number of carbonyl (C=O) groups is 1. The van der Waals surface area contributed by atoms with Crippen LogP contribution in [0.25, 0.3) is 10.6 Å². The fraction of sp³-hybridized carbons (Fsp3) is 0.385. The van der Waals surface area contributed by atoms with E-state index in [1.54, 1.807) is 6.92 Å². The van der Waals surface area contributed by atoms with Crippen molar-refractivity contribution in [3.05, 3.63) is 69.7 Å². The Kier molecular flexibility index (Phi) is 8.91. The van der Waals surface area contributed by atoms with E-state index >= 15 is 0 Å². The lowest BCUT2D eigenvalue weighted by Crippen LogP contribution is -2.26. The smallest absolute Gasteiger partial charge is 0.416 e. The molecule has 0 saturated heterocycles. The Morgan fingerprint density at radius 2 is 1.83 bits per heavy atom. The molecular weight excluding hydrogens is 479 g/mol. The molecule has 0 bridgehead atoms. The van der Waals surface area contributed by atoms with E-state index in [2.05, 4.69) is 4.98 Å². The zero-order chi connectivity index (χ0) is 25.6. The Hall–Kier alpha value is -2.91. The van der Waals surface area contributed by atoms with Crippen LogP contribution in [0.5, 0.6) is 5.75 Å². The fourth-order valence-electron chi connectivity index (χ4n) is 3.69. The fourth-order valence-corrected chi connectivity index (χ4v) is 4.73. The van der Waals surface area contributed by atoms with Crippen molar-refractivity contribution in [2.24, 2.45) is 0 Å². The number of carboxylic acid groups (broad SMARTS) is 1. The first-order valence-electron chi connectivity index (χ1n) is 11.3. The first kappa shape index (κ1) is 26.7. The zero-order valence-electron chi connectivity index (χ0n) is 19.8. The monoisotopic (exact) mass is 507 g/mol. The van der Waals surface area contributed by atoms with Gasteiger partial charge in [-0.05, 0) is 55.7 Å². The third kappa shape index (κ3) is 7.05. The summed E-state index contributed by atoms with van der Waals surface area (Å²) in [4.78, 5) is 16.9. The number of thiazole rings is 1. The van der Waals surface area contributed by atoms with E-state index < -0.39 is 23.8 Å². The van der Waals surface area contributed by atoms with Crippen LogP contribution >= 0.6 is 11.3 Å². The summed E-state index contributed by atoms with van der Waals surface area (Å²) >= 11 is 1.44. The number of aryl methyl sites for hydroxylation is 2. The highest BCUT2D eigenvalue weighted by Gasteiger charge is 2.30. The topological polar surface area (TPSA) is 68.7 Å². The summed E-state index contributed by atoms with van der Waals surface area (Å²) in [6.45, 7) is 6.39. The molecule has 3 rings (SSSR count). The van der Waals surface area contributed by atoms with Crippen molar-refractivity contribution in [2.75, 3.05) is 13.2 Å². The number of hydrogen-bond acceptors (Lipinski definition) is 5. The number of aliphatic carboxylic acids is 1. The lowest BCUT2D eigenvalue weighted by Gasteiger charge is -2.16. The summed E-state index contributed by atoms with van der Waals surface area (Å²) in [5, 5.41) is 10.0. The number of carboxylic acids is 1. The highest BCUT2D eigenvalue weighted by molar-refractivity contribution is 7.15. The van der Waals surface area contributed by atoms with Crippen LogP contribution in [0.3, 0.4) is 0 Å². The Balaban J connectivity index is 1.63. The standard InChI is InChI=1S/C26H28F3NO4S/c1-4-17-14-21(11-8-19(17)15-22(25(31)32)33-5-2)34-13-12-23-16(3)30-24(35-23)18-6-9-20(10-7-18)26(27,28)29/h6-11,14,22H,4-5,12-13,15H2,1-3H3,(H,31,32)/t22-/m0/s1. The van der Waals surface area contributed by atoms with Gasteiger partial charge in [0.15, 0.2) is 6.10 Å². The molecule has 0 saturated carbocycles. The van der Waals surface area contributed by atoms with Gasteiger partial charge in [-0.3, -0.25) is 0 Å². The molecule has 1 aromatic heterocycles. The van der Waals surface area contributed by atoms with Gasteiger partial charge in [-0.15, -0.1) is 11.3 Å². The molecule has 1 heterocycles. The van der Waals surface area contributed by atoms with E-state index in [4.69, 9.17) is 9.47 Å². The van der Waals surface area contributed by atoms with Crippen molar-refractivity contribution in [2.45, 2.75) is 52.3 Å². The van der Waals surface area contributed by atoms with Crippen molar-refractivity contribution < 1.29 is 32.5 Å². The van der Waals surface area contributed by atoms with Gasteiger partial charge < -0.3 is 14.6 Å². The molecule has 0 aliphatic rings. The maximum Gasteiger partial charge on any atom is 0.416 e. The van der Waals surface area contributed by atoms with Gasteiger partial charge in [0.1, 0.15) is 10.8 Å². The Labute approximate surface area is 206 Å². The molecule has 9 heteroatoms. The van der Waals surface area contributed by atoms with Crippen LogP contribution < -0.4 is 4.74 Å². The van der Waals surface area contributed by atoms with Gasteiger partial charge in [-0.2, -0.15) is 13.2 Å². The first-order valence-corrected chi connectivity index (χ1v) is 12.2. The van der Waals surface area contributed by atoms with Crippen LogP contribution in [0, 0.1) is 6.92 Å². The molecule has 0 amide bonds. The summed E-state index contributed by atoms with van der Waals surface area (Å²) in [6, 6.07) is 10.6. The molecule has 3 aromatic rings. The summed E-state index contributed by atoms with van der Waals surface area (Å²) < 4.78 is 49.7. The highest BCUT2D eigenvalue weighted by atomic mass is 32.1. The quantitative estimate of drug-likeness (QED) is 0.327. The Morgan fingerprint density at radius 1 is 1.11 bits per heavy atom. The highest BCUT2D eigenvalue weighted by Crippen LogP contribution is 2.33. The molecule has 188 valence electrons. The van der Waals surface area contributed by atoms with Crippen LogP contribution in [-0.4, -0.2) is 35.4 Å². The van der Waals surface area contributed by atoms with Crippen LogP contribution in [-0.2, 0) is 35.0 Å². The minimum Gasteiger partial charge on any atom is -0.493 e. The normalized spacial score (nSPS) is 12.5. The molecule has 1 atom stereocenters. The number of nitrogens with zero attached hydrogens (tertiary/aromatic N) is 1. The van der Waals surface area contributed by atoms with Gasteiger partial charge in [-0.25, -0.2) is 9.78 Å². The lowest BCUT2D eigenvalue weighted by atomic mass is 9.99. The van der Waals surface area contributed by atoms with E-state index in [1.807, 2.05) is 32.0 Å². The van der Waals surface area contributed by atoms with Crippen LogP contribution in [0.15, 0.2) is 42.5 Å². The summed E-state index contributed by atoms with van der Waals surface area (Å²) in [5.74, 6) is -0.288. The minimum absolute atomic E-state index is 0.291. The molecule has 0 aliphatic heterocycles. The molecule has 1 N–H and O–H groups in total. The molecular formula is C26H28F3NO4S. The van der Waals surface area contributed by atoms with Crippen molar-refractivity contribution in [1.82, 2.24) is 4.98 Å². The van der Waals surface area contributed by atoms with Gasteiger partial charge >= 0.3 is 12.1 Å². The maximum atomic E-state index is 12.8. The number of hydrogen-bond donors (Lipinski definition) is 1. The molecule has 35 heavy (non-hydrogen) atoms. The average Bonchev–Trinajstić information content (AvgIpc) is 3.19. The summed E-state index contributed by atoms with van der Waals surface area (Å²) in [6.07, 6.45) is -3.62. The third-order valence-corrected chi connectivity index (χ3v) is 6.82. The van der Waals surface area contributed by atoms with Crippen molar-refractivity contribution in [3.8, 4) is 16.3 Å². The zero-order valence-corrected chi connectivity index (χ0v) is 20.6. The van der Waals surface area contributed by atoms with E-state index in [0.29, 0.717) is 42.4 Å². The van der Waals surface area contributed by atoms with Gasteiger partial charge in [0.05, 0.1) is 17.9 Å². The predicted octanol–water partition coefficient (Wildman–Crippen LogP) is 6.35. The molecule has 0 unspecified atom stereocenters. The maximum absolute atomic E-state index is 12.8. The van der Waals surface area contributed by atoms with Crippen molar-refractivity contribution in [3.63, 3.8) is 0 Å². The van der Waals surface area contributed by atoms with E-state index in [-0.39, 0.29) is 0 Å². The molecule has 0 spiro atoms. The summed E-state index contributed by atoms with van der Waals surface area (Å²) in [5.41, 5.74) is 2.71. The SMILES string of the molecule is CCO[C@@H](Cc1ccc(OCCc2sc(-c3ccc(C(F)(F)F)cc3)nc2C)cc1CC)C(=O)O. The number of ether oxygens (including phenoxy) is 2. The molecule has 2 aromatic carbocycles. The lowest BCUT2D eigenvalue weighted by molar-refractivity contribution is -0.150. The van der Waals surface area contributed by atoms with Gasteiger partial charge in [-0.1, -0.05) is 25.1 Å². The minimum atomic E-state index is -4.36. The summed E-state index contributed by atoms with van der Waals surface area (Å²) in [7, 11) is 0. The van der Waals surface area contributed by atoms with Gasteiger partial charge in [0, 0.05) is 29.9 Å². The van der Waals surface area contributed by atoms with Crippen LogP contribution in [0.1, 0.15) is 41.1 Å². The van der Waals surface area contributed by atoms with Crippen molar-refractivity contribution >= 4 is 17.3 Å². The number of benzene rings is 2. The Morgan fingerprint density at radius 3 is 2.43 bits per heavy atom. The van der Waals surface area contributed by atoms with E-state index in [0.717, 1.165) is 40.3 Å². The van der Waals surface area contributed by atoms with Gasteiger partial charge in [0.25, 0.3) is 0 Å². The second-order valence-electron chi connectivity index (χ2n) is 7.97. The van der Waals surface area contributed by atoms with Crippen LogP contribution in [0.4, 0.5) is 13.2 Å². The van der Waals surface area contributed by atoms with E-state index in [1.165, 1.54) is 23.5 Å². The number of aromatic nitrogens is 1. The second-order valence-corrected chi connectivity index (χ2v) is 9.06. The van der Waals surface area contributed by atoms with Crippen LogP contribution in [0.2, 0.25) is 0 Å². The third-order valence-electron chi connectivity index (χ3n) is 5.56. The van der Waals surface area contributed by atoms with E-state index in [9.17, 15) is 23.1 Å². The second kappa shape index (κ2) is 11.7. The largest absolute Gasteiger partial charge is 0.493 e. The number of alkyl halides is 3. The predicted molar refractivity (Wildman–Crippen MR) is 129 cm³/mol. The van der Waals surface area contributed by atoms with Gasteiger partial charge in [0.2, 0.25) is 0 Å². The first-order chi connectivity index (χ1) is 16.6. The number of halogens is 3. The Bertz CT molecular complexity index is 1140. The molecule has 5 nitrogen and oxygen atoms in total.